The highest BCUT2D eigenvalue weighted by molar-refractivity contribution is 6.15. The molecule has 1 aromatic carbocycles. The van der Waals surface area contributed by atoms with E-state index < -0.39 is 23.6 Å². The van der Waals surface area contributed by atoms with Crippen LogP contribution in [-0.4, -0.2) is 34.4 Å². The van der Waals surface area contributed by atoms with Gasteiger partial charge in [0.1, 0.15) is 0 Å². The Morgan fingerprint density at radius 2 is 1.75 bits per heavy atom. The van der Waals surface area contributed by atoms with Crippen molar-refractivity contribution in [2.24, 2.45) is 0 Å². The molecular weight excluding hydrogens is 377 g/mol. The predicted octanol–water partition coefficient (Wildman–Crippen LogP) is 3.30. The summed E-state index contributed by atoms with van der Waals surface area (Å²) in [6.45, 7) is 0.258. The average Bonchev–Trinajstić information content (AvgIpc) is 2.91. The van der Waals surface area contributed by atoms with Gasteiger partial charge in [-0.2, -0.15) is 13.2 Å². The Hall–Kier alpha value is -2.68. The zero-order valence-corrected chi connectivity index (χ0v) is 15.1. The van der Waals surface area contributed by atoms with Gasteiger partial charge in [0, 0.05) is 18.5 Å². The molecule has 0 aromatic heterocycles. The number of hydrogen-bond donors (Lipinski definition) is 2. The zero-order chi connectivity index (χ0) is 20.7. The van der Waals surface area contributed by atoms with Gasteiger partial charge in [-0.1, -0.05) is 25.0 Å². The van der Waals surface area contributed by atoms with Crippen LogP contribution in [0.4, 0.5) is 13.2 Å². The lowest BCUT2D eigenvalue weighted by molar-refractivity contribution is -0.138. The first-order valence-corrected chi connectivity index (χ1v) is 8.88. The van der Waals surface area contributed by atoms with Crippen molar-refractivity contribution in [1.29, 1.82) is 0 Å². The minimum absolute atomic E-state index is 0.0729. The first-order valence-electron chi connectivity index (χ1n) is 8.88. The third-order valence-corrected chi connectivity index (χ3v) is 4.40. The number of imide groups is 1. The molecule has 1 aromatic rings. The Morgan fingerprint density at radius 3 is 2.36 bits per heavy atom. The van der Waals surface area contributed by atoms with E-state index in [0.29, 0.717) is 24.8 Å². The first kappa shape index (κ1) is 21.6. The van der Waals surface area contributed by atoms with Gasteiger partial charge in [-0.3, -0.25) is 24.5 Å². The van der Waals surface area contributed by atoms with Crippen LogP contribution >= 0.6 is 0 Å². The monoisotopic (exact) mass is 398 g/mol. The van der Waals surface area contributed by atoms with Gasteiger partial charge in [0.05, 0.1) is 12.0 Å². The fraction of sp³-hybridized carbons (Fsp3) is 0.421. The van der Waals surface area contributed by atoms with Gasteiger partial charge in [0.25, 0.3) is 5.91 Å². The maximum Gasteiger partial charge on any atom is 0.416 e. The molecule has 0 radical (unpaired) electrons. The quantitative estimate of drug-likeness (QED) is 0.231. The number of unbranched alkanes of at least 4 members (excludes halogenated alkanes) is 3. The molecule has 0 unspecified atom stereocenters. The van der Waals surface area contributed by atoms with Crippen molar-refractivity contribution < 1.29 is 32.8 Å². The third kappa shape index (κ3) is 5.91. The molecule has 1 aliphatic rings. The number of carbonyl (C=O) groups is 3. The summed E-state index contributed by atoms with van der Waals surface area (Å²) in [5, 5.41) is 8.38. The highest BCUT2D eigenvalue weighted by Crippen LogP contribution is 2.30. The molecular formula is C19H21F3N2O4. The molecule has 0 spiro atoms. The topological polar surface area (TPSA) is 86.7 Å². The summed E-state index contributed by atoms with van der Waals surface area (Å²) in [4.78, 5) is 36.4. The highest BCUT2D eigenvalue weighted by Gasteiger charge is 2.33. The molecule has 0 saturated carbocycles. The van der Waals surface area contributed by atoms with Gasteiger partial charge >= 0.3 is 6.18 Å². The zero-order valence-electron chi connectivity index (χ0n) is 15.1. The molecule has 28 heavy (non-hydrogen) atoms. The summed E-state index contributed by atoms with van der Waals surface area (Å²) < 4.78 is 37.8. The lowest BCUT2D eigenvalue weighted by Gasteiger charge is -2.13. The third-order valence-electron chi connectivity index (χ3n) is 4.40. The highest BCUT2D eigenvalue weighted by atomic mass is 19.4. The van der Waals surface area contributed by atoms with Crippen LogP contribution in [0, 0.1) is 0 Å². The number of alkyl halides is 3. The Morgan fingerprint density at radius 1 is 1.11 bits per heavy atom. The van der Waals surface area contributed by atoms with E-state index in [-0.39, 0.29) is 30.9 Å². The van der Waals surface area contributed by atoms with Gasteiger partial charge in [-0.05, 0) is 36.6 Å². The number of nitrogens with zero attached hydrogens (tertiary/aromatic N) is 1. The van der Waals surface area contributed by atoms with Crippen molar-refractivity contribution in [3.63, 3.8) is 0 Å². The summed E-state index contributed by atoms with van der Waals surface area (Å²) in [7, 11) is 0. The Kier molecular flexibility index (Phi) is 7.33. The van der Waals surface area contributed by atoms with E-state index in [0.717, 1.165) is 23.5 Å². The smallest absolute Gasteiger partial charge is 0.289 e. The first-order chi connectivity index (χ1) is 13.2. The van der Waals surface area contributed by atoms with Crippen LogP contribution in [0.15, 0.2) is 29.8 Å². The second kappa shape index (κ2) is 9.50. The molecule has 2 N–H and O–H groups in total. The number of likely N-dealkylation sites (tertiary alicyclic amines) is 1. The van der Waals surface area contributed by atoms with E-state index in [4.69, 9.17) is 5.21 Å². The molecule has 1 heterocycles. The molecule has 0 atom stereocenters. The van der Waals surface area contributed by atoms with Crippen molar-refractivity contribution >= 4 is 23.8 Å². The number of carbonyl (C=O) groups excluding carboxylic acids is 3. The van der Waals surface area contributed by atoms with E-state index in [1.54, 1.807) is 5.48 Å². The van der Waals surface area contributed by atoms with Crippen molar-refractivity contribution in [2.75, 3.05) is 6.54 Å². The van der Waals surface area contributed by atoms with Crippen molar-refractivity contribution in [3.05, 3.63) is 41.0 Å². The Labute approximate surface area is 160 Å². The molecule has 1 saturated heterocycles. The van der Waals surface area contributed by atoms with E-state index in [9.17, 15) is 27.6 Å². The molecule has 152 valence electrons. The van der Waals surface area contributed by atoms with Crippen LogP contribution in [0.2, 0.25) is 0 Å². The van der Waals surface area contributed by atoms with E-state index in [2.05, 4.69) is 0 Å². The lowest BCUT2D eigenvalue weighted by Crippen LogP contribution is -2.30. The van der Waals surface area contributed by atoms with Crippen LogP contribution in [0.5, 0.6) is 0 Å². The number of rotatable bonds is 8. The minimum Gasteiger partial charge on any atom is -0.289 e. The lowest BCUT2D eigenvalue weighted by atomic mass is 10.1. The van der Waals surface area contributed by atoms with Gasteiger partial charge in [-0.25, -0.2) is 5.48 Å². The fourth-order valence-corrected chi connectivity index (χ4v) is 2.89. The van der Waals surface area contributed by atoms with E-state index in [1.165, 1.54) is 18.2 Å². The predicted molar refractivity (Wildman–Crippen MR) is 93.8 cm³/mol. The maximum absolute atomic E-state index is 12.6. The number of hydrogen-bond acceptors (Lipinski definition) is 4. The van der Waals surface area contributed by atoms with E-state index in [1.807, 2.05) is 0 Å². The van der Waals surface area contributed by atoms with Gasteiger partial charge in [0.15, 0.2) is 0 Å². The van der Waals surface area contributed by atoms with Crippen LogP contribution in [-0.2, 0) is 20.6 Å². The second-order valence-corrected chi connectivity index (χ2v) is 6.52. The van der Waals surface area contributed by atoms with Gasteiger partial charge < -0.3 is 0 Å². The molecule has 0 bridgehead atoms. The number of nitrogens with one attached hydrogen (secondary N) is 1. The summed E-state index contributed by atoms with van der Waals surface area (Å²) in [5.41, 5.74) is 1.45. The number of benzene rings is 1. The van der Waals surface area contributed by atoms with Gasteiger partial charge in [0.2, 0.25) is 11.8 Å². The fourth-order valence-electron chi connectivity index (χ4n) is 2.89. The normalized spacial score (nSPS) is 16.1. The number of halogens is 3. The largest absolute Gasteiger partial charge is 0.416 e. The molecule has 2 rings (SSSR count). The number of amides is 3. The Bertz CT molecular complexity index is 757. The Balaban J connectivity index is 1.87. The summed E-state index contributed by atoms with van der Waals surface area (Å²) >= 11 is 0. The molecule has 1 fully saturated rings. The van der Waals surface area contributed by atoms with Crippen molar-refractivity contribution in [1.82, 2.24) is 10.4 Å². The number of hydroxylamine groups is 1. The van der Waals surface area contributed by atoms with Crippen LogP contribution in [0.25, 0.3) is 6.08 Å². The van der Waals surface area contributed by atoms with Crippen LogP contribution in [0.1, 0.15) is 49.7 Å². The average molecular weight is 398 g/mol. The van der Waals surface area contributed by atoms with Crippen molar-refractivity contribution in [3.8, 4) is 0 Å². The van der Waals surface area contributed by atoms with E-state index >= 15 is 0 Å². The molecule has 3 amide bonds. The molecule has 1 aliphatic heterocycles. The molecule has 0 aliphatic carbocycles. The minimum atomic E-state index is -4.43. The second-order valence-electron chi connectivity index (χ2n) is 6.52. The summed E-state index contributed by atoms with van der Waals surface area (Å²) in [6, 6.07) is 4.39. The van der Waals surface area contributed by atoms with Crippen molar-refractivity contribution in [2.45, 2.75) is 44.7 Å². The summed E-state index contributed by atoms with van der Waals surface area (Å²) in [6.07, 6.45) is -0.239. The van der Waals surface area contributed by atoms with Gasteiger partial charge in [-0.15, -0.1) is 0 Å². The maximum atomic E-state index is 12.6. The van der Waals surface area contributed by atoms with Crippen LogP contribution < -0.4 is 5.48 Å². The molecule has 9 heteroatoms. The summed E-state index contributed by atoms with van der Waals surface area (Å²) in [5.74, 6) is -1.21. The standard InChI is InChI=1S/C19H21F3N2O4/c20-19(21,22)15-8-6-13(7-9-15)11-14-12-17(26)24(18(14)27)10-4-2-1-3-5-16(25)23-28/h6-9,11,28H,1-5,10,12H2,(H,23,25)/b14-11+. The molecule has 6 nitrogen and oxygen atoms in total. The SMILES string of the molecule is O=C(CCCCCCN1C(=O)C/C(=C\c2ccc(C(F)(F)F)cc2)C1=O)NO. The van der Waals surface area contributed by atoms with Crippen LogP contribution in [0.3, 0.4) is 0 Å².